The summed E-state index contributed by atoms with van der Waals surface area (Å²) in [6.07, 6.45) is 14.6. The van der Waals surface area contributed by atoms with Crippen LogP contribution in [-0.2, 0) is 30.7 Å². The van der Waals surface area contributed by atoms with Crippen LogP contribution in [0.2, 0.25) is 0 Å². The Morgan fingerprint density at radius 3 is 2.29 bits per heavy atom. The van der Waals surface area contributed by atoms with Crippen molar-refractivity contribution in [2.24, 2.45) is 0 Å². The number of aliphatic hydroxyl groups is 2. The van der Waals surface area contributed by atoms with Gasteiger partial charge in [0.05, 0.1) is 25.9 Å². The van der Waals surface area contributed by atoms with Crippen LogP contribution < -0.4 is 4.89 Å². The number of allylic oxidation sites excluding steroid dienone is 2. The van der Waals surface area contributed by atoms with Crippen LogP contribution in [0.1, 0.15) is 56.6 Å². The van der Waals surface area contributed by atoms with Crippen LogP contribution in [0, 0.1) is 0 Å². The lowest BCUT2D eigenvalue weighted by molar-refractivity contribution is -0.292. The average Bonchev–Trinajstić information content (AvgIpc) is 3.03. The summed E-state index contributed by atoms with van der Waals surface area (Å²) in [5, 5.41) is 17.0. The minimum atomic E-state index is -0.798. The monoisotopic (exact) mass is 578 g/mol. The molecule has 0 amide bonds. The zero-order valence-electron chi connectivity index (χ0n) is 24.6. The number of rotatable bonds is 16. The van der Waals surface area contributed by atoms with Gasteiger partial charge in [-0.1, -0.05) is 94.3 Å². The highest BCUT2D eigenvalue weighted by Gasteiger charge is 2.14. The van der Waals surface area contributed by atoms with Crippen LogP contribution in [0.25, 0.3) is 16.7 Å². The Labute approximate surface area is 248 Å². The first kappa shape index (κ1) is 34.4. The van der Waals surface area contributed by atoms with E-state index in [1.807, 2.05) is 18.2 Å². The van der Waals surface area contributed by atoms with E-state index in [0.29, 0.717) is 12.0 Å². The van der Waals surface area contributed by atoms with E-state index in [2.05, 4.69) is 50.4 Å². The molecule has 1 atom stereocenters. The van der Waals surface area contributed by atoms with Gasteiger partial charge in [0.25, 0.3) is 0 Å². The van der Waals surface area contributed by atoms with Gasteiger partial charge in [0.1, 0.15) is 12.4 Å². The number of benzene rings is 2. The molecule has 226 valence electrons. The standard InChI is InChI=1S/C30H36O6.C4H6O2/c1-4-5-6-7-8-9-26-20-25(23-10-15-27(16-11-23)34-33-3)14-19-29(26)24-12-17-28(18-13-24)35-36-30(32)22(2)21-31;1-4(2-5)3-6/h10-15,17-20,27,31H,2,4-9,16,21H2,1,3H3;2,6H,1,3H2. The van der Waals surface area contributed by atoms with Crippen molar-refractivity contribution >= 4 is 17.8 Å². The number of unbranched alkanes of at least 4 members (excludes halogenated alkanes) is 4. The summed E-state index contributed by atoms with van der Waals surface area (Å²) in [5.74, 6) is -0.408. The van der Waals surface area contributed by atoms with Crippen molar-refractivity contribution in [3.8, 4) is 16.9 Å². The molecule has 1 aliphatic rings. The Morgan fingerprint density at radius 1 is 1.00 bits per heavy atom. The normalized spacial score (nSPS) is 13.8. The van der Waals surface area contributed by atoms with Gasteiger partial charge in [-0.05, 0) is 59.2 Å². The van der Waals surface area contributed by atoms with Gasteiger partial charge >= 0.3 is 5.97 Å². The highest BCUT2D eigenvalue weighted by molar-refractivity contribution is 5.87. The van der Waals surface area contributed by atoms with E-state index in [4.69, 9.17) is 29.8 Å². The minimum Gasteiger partial charge on any atom is -0.392 e. The molecule has 2 aromatic carbocycles. The third-order valence-corrected chi connectivity index (χ3v) is 6.50. The second kappa shape index (κ2) is 19.3. The predicted octanol–water partition coefficient (Wildman–Crippen LogP) is 6.28. The minimum absolute atomic E-state index is 0.0576. The van der Waals surface area contributed by atoms with E-state index in [0.717, 1.165) is 24.8 Å². The second-order valence-electron chi connectivity index (χ2n) is 9.77. The zero-order valence-corrected chi connectivity index (χ0v) is 24.6. The molecule has 0 saturated heterocycles. The van der Waals surface area contributed by atoms with Crippen molar-refractivity contribution in [1.82, 2.24) is 0 Å². The van der Waals surface area contributed by atoms with Gasteiger partial charge in [-0.3, -0.25) is 9.68 Å². The van der Waals surface area contributed by atoms with Gasteiger partial charge < -0.3 is 10.2 Å². The molecule has 0 bridgehead atoms. The highest BCUT2D eigenvalue weighted by atomic mass is 17.2. The van der Waals surface area contributed by atoms with Crippen molar-refractivity contribution in [2.75, 3.05) is 20.3 Å². The molecule has 0 aliphatic heterocycles. The Kier molecular flexibility index (Phi) is 15.8. The number of aryl methyl sites for hydroxylation is 1. The summed E-state index contributed by atoms with van der Waals surface area (Å²) in [4.78, 5) is 40.9. The van der Waals surface area contributed by atoms with Crippen LogP contribution in [0.4, 0.5) is 0 Å². The fraction of sp³-hybridized carbons (Fsp3) is 0.353. The maximum atomic E-state index is 11.6. The van der Waals surface area contributed by atoms with E-state index in [9.17, 15) is 9.59 Å². The first-order valence-electron chi connectivity index (χ1n) is 14.1. The lowest BCUT2D eigenvalue weighted by Crippen LogP contribution is -2.12. The first-order valence-corrected chi connectivity index (χ1v) is 14.1. The van der Waals surface area contributed by atoms with Crippen LogP contribution >= 0.6 is 0 Å². The molecule has 0 aromatic heterocycles. The molecule has 0 spiro atoms. The third kappa shape index (κ3) is 11.6. The average molecular weight is 579 g/mol. The molecule has 3 rings (SSSR count). The SMILES string of the molecule is C=C(C=O)CO.C=C(CO)C(=O)OOc1ccc(-c2ccc(C3=CCC(OOC)C=C3)cc2CCCCCCC)cc1. The molecule has 2 aromatic rings. The number of hydrogen-bond donors (Lipinski definition) is 2. The van der Waals surface area contributed by atoms with E-state index < -0.39 is 12.6 Å². The lowest BCUT2D eigenvalue weighted by atomic mass is 9.90. The summed E-state index contributed by atoms with van der Waals surface area (Å²) in [6, 6.07) is 14.0. The number of aliphatic hydroxyl groups excluding tert-OH is 2. The fourth-order valence-corrected chi connectivity index (χ4v) is 4.13. The molecule has 0 heterocycles. The molecule has 8 nitrogen and oxygen atoms in total. The van der Waals surface area contributed by atoms with E-state index in [1.165, 1.54) is 55.1 Å². The van der Waals surface area contributed by atoms with Crippen LogP contribution in [0.5, 0.6) is 5.75 Å². The maximum absolute atomic E-state index is 11.6. The van der Waals surface area contributed by atoms with Crippen molar-refractivity contribution in [2.45, 2.75) is 58.0 Å². The molecule has 42 heavy (non-hydrogen) atoms. The predicted molar refractivity (Wildman–Crippen MR) is 163 cm³/mol. The van der Waals surface area contributed by atoms with Crippen molar-refractivity contribution in [3.63, 3.8) is 0 Å². The Hall–Kier alpha value is -3.82. The molecule has 0 saturated carbocycles. The first-order chi connectivity index (χ1) is 20.4. The molecule has 2 N–H and O–H groups in total. The molecular formula is C34H42O8. The lowest BCUT2D eigenvalue weighted by Gasteiger charge is -2.17. The largest absolute Gasteiger partial charge is 0.392 e. The van der Waals surface area contributed by atoms with Crippen LogP contribution in [-0.4, -0.2) is 48.9 Å². The van der Waals surface area contributed by atoms with Gasteiger partial charge in [-0.2, -0.15) is 0 Å². The number of hydrogen-bond acceptors (Lipinski definition) is 8. The second-order valence-corrected chi connectivity index (χ2v) is 9.77. The quantitative estimate of drug-likeness (QED) is 0.0788. The van der Waals surface area contributed by atoms with E-state index in [-0.39, 0.29) is 23.9 Å². The Morgan fingerprint density at radius 2 is 1.71 bits per heavy atom. The summed E-state index contributed by atoms with van der Waals surface area (Å²) >= 11 is 0. The fourth-order valence-electron chi connectivity index (χ4n) is 4.13. The van der Waals surface area contributed by atoms with Gasteiger partial charge in [-0.15, -0.1) is 0 Å². The van der Waals surface area contributed by atoms with Gasteiger partial charge in [0.15, 0.2) is 5.75 Å². The van der Waals surface area contributed by atoms with Gasteiger partial charge in [0, 0.05) is 5.57 Å². The molecule has 0 radical (unpaired) electrons. The summed E-state index contributed by atoms with van der Waals surface area (Å²) in [7, 11) is 1.53. The summed E-state index contributed by atoms with van der Waals surface area (Å²) in [5.41, 5.74) is 6.05. The zero-order chi connectivity index (χ0) is 30.7. The molecule has 1 aliphatic carbocycles. The Bertz CT molecular complexity index is 1230. The molecular weight excluding hydrogens is 536 g/mol. The number of aldehydes is 1. The smallest absolute Gasteiger partial charge is 0.383 e. The topological polar surface area (TPSA) is 112 Å². The van der Waals surface area contributed by atoms with Crippen LogP contribution in [0.3, 0.4) is 0 Å². The third-order valence-electron chi connectivity index (χ3n) is 6.50. The number of carbonyl (C=O) groups is 2. The maximum Gasteiger partial charge on any atom is 0.383 e. The van der Waals surface area contributed by atoms with Crippen LogP contribution in [0.15, 0.2) is 85.0 Å². The molecule has 1 unspecified atom stereocenters. The highest BCUT2D eigenvalue weighted by Crippen LogP contribution is 2.32. The summed E-state index contributed by atoms with van der Waals surface area (Å²) in [6.45, 7) is 8.11. The van der Waals surface area contributed by atoms with Crippen molar-refractivity contribution in [3.05, 3.63) is 96.1 Å². The Balaban J connectivity index is 0.000000928. The van der Waals surface area contributed by atoms with E-state index in [1.54, 1.807) is 12.1 Å². The van der Waals surface area contributed by atoms with E-state index >= 15 is 0 Å². The van der Waals surface area contributed by atoms with Crippen molar-refractivity contribution in [1.29, 1.82) is 0 Å². The van der Waals surface area contributed by atoms with Gasteiger partial charge in [-0.25, -0.2) is 19.5 Å². The molecule has 8 heteroatoms. The molecule has 0 fully saturated rings. The number of carbonyl (C=O) groups excluding carboxylic acids is 2. The summed E-state index contributed by atoms with van der Waals surface area (Å²) < 4.78 is 0. The van der Waals surface area contributed by atoms with Gasteiger partial charge in [0.2, 0.25) is 0 Å². The van der Waals surface area contributed by atoms with Crippen molar-refractivity contribution < 1.29 is 39.4 Å².